The maximum atomic E-state index is 14.7. The van der Waals surface area contributed by atoms with Crippen molar-refractivity contribution in [3.05, 3.63) is 87.7 Å². The molecule has 0 unspecified atom stereocenters. The fourth-order valence-electron chi connectivity index (χ4n) is 3.79. The normalized spacial score (nSPS) is 10.9. The number of carbonyl (C=O) groups is 2. The number of aromatic amines is 2. The van der Waals surface area contributed by atoms with Crippen molar-refractivity contribution in [1.82, 2.24) is 9.97 Å². The molecule has 3 N–H and O–H groups in total. The lowest BCUT2D eigenvalue weighted by Gasteiger charge is -2.09. The molecule has 0 fully saturated rings. The van der Waals surface area contributed by atoms with E-state index < -0.39 is 23.3 Å². The maximum absolute atomic E-state index is 14.7. The quantitative estimate of drug-likeness (QED) is 0.125. The van der Waals surface area contributed by atoms with E-state index in [-0.39, 0.29) is 56.2 Å². The number of hydrogen-bond acceptors (Lipinski definition) is 4. The standard InChI is InChI=1S/C17H13F2NO3.C9H4BrF2NO/c18-13-7-14-16(11(9-22)8-20-14)17(19)15(13)10-1-3-12(4-2-10)23-6-5-21;10-8-5(11)1-6-7(9(8)12)4(3-14)2-13-6/h1-4,7-9,20-21H,5-6H2;1-3,13H. The summed E-state index contributed by atoms with van der Waals surface area (Å²) in [5.74, 6) is -2.48. The van der Waals surface area contributed by atoms with E-state index in [4.69, 9.17) is 9.84 Å². The molecule has 5 rings (SSSR count). The van der Waals surface area contributed by atoms with Gasteiger partial charge in [-0.25, -0.2) is 17.6 Å². The lowest BCUT2D eigenvalue weighted by molar-refractivity contribution is 0.111. The highest BCUT2D eigenvalue weighted by atomic mass is 79.9. The van der Waals surface area contributed by atoms with Gasteiger partial charge in [0.25, 0.3) is 0 Å². The fraction of sp³-hybridized carbons (Fsp3) is 0.0769. The SMILES string of the molecule is O=Cc1c[nH]c2cc(F)c(-c3ccc(OCCO)cc3)c(F)c12.O=Cc1c[nH]c2cc(F)c(Br)c(F)c12. The second-order valence-corrected chi connectivity index (χ2v) is 8.49. The smallest absolute Gasteiger partial charge is 0.152 e. The van der Waals surface area contributed by atoms with E-state index in [2.05, 4.69) is 25.9 Å². The fourth-order valence-corrected chi connectivity index (χ4v) is 4.11. The summed E-state index contributed by atoms with van der Waals surface area (Å²) in [7, 11) is 0. The van der Waals surface area contributed by atoms with E-state index in [0.717, 1.165) is 12.1 Å². The minimum Gasteiger partial charge on any atom is -0.491 e. The van der Waals surface area contributed by atoms with Gasteiger partial charge < -0.3 is 19.8 Å². The number of halogens is 5. The van der Waals surface area contributed by atoms with E-state index in [1.165, 1.54) is 24.5 Å². The van der Waals surface area contributed by atoms with Crippen molar-refractivity contribution in [2.24, 2.45) is 0 Å². The number of nitrogens with one attached hydrogen (secondary N) is 2. The molecule has 0 saturated heterocycles. The minimum absolute atomic E-state index is 0.0667. The minimum atomic E-state index is -0.785. The Labute approximate surface area is 215 Å². The van der Waals surface area contributed by atoms with Crippen LogP contribution < -0.4 is 4.74 Å². The zero-order chi connectivity index (χ0) is 26.7. The molecule has 0 amide bonds. The molecule has 3 aromatic carbocycles. The van der Waals surface area contributed by atoms with Crippen LogP contribution in [0.5, 0.6) is 5.75 Å². The third-order valence-corrected chi connectivity index (χ3v) is 6.21. The Kier molecular flexibility index (Phi) is 7.74. The van der Waals surface area contributed by atoms with E-state index in [1.54, 1.807) is 12.1 Å². The van der Waals surface area contributed by atoms with Gasteiger partial charge in [-0.15, -0.1) is 0 Å². The summed E-state index contributed by atoms with van der Waals surface area (Å²) in [6, 6.07) is 8.46. The Morgan fingerprint density at radius 3 is 1.92 bits per heavy atom. The number of H-pyrrole nitrogens is 2. The maximum Gasteiger partial charge on any atom is 0.152 e. The average molecular weight is 577 g/mol. The van der Waals surface area contributed by atoms with Gasteiger partial charge in [-0.1, -0.05) is 12.1 Å². The third kappa shape index (κ3) is 5.00. The number of rotatable bonds is 6. The van der Waals surface area contributed by atoms with Crippen LogP contribution in [0.3, 0.4) is 0 Å². The van der Waals surface area contributed by atoms with E-state index in [9.17, 15) is 27.2 Å². The highest BCUT2D eigenvalue weighted by molar-refractivity contribution is 9.10. The molecule has 0 atom stereocenters. The number of aromatic nitrogens is 2. The van der Waals surface area contributed by atoms with Gasteiger partial charge in [0.15, 0.2) is 12.6 Å². The van der Waals surface area contributed by atoms with Crippen molar-refractivity contribution in [2.75, 3.05) is 13.2 Å². The molecular weight excluding hydrogens is 560 g/mol. The molecule has 0 saturated carbocycles. The molecule has 11 heteroatoms. The molecule has 0 bridgehead atoms. The first kappa shape index (κ1) is 26.1. The monoisotopic (exact) mass is 576 g/mol. The Morgan fingerprint density at radius 1 is 0.838 bits per heavy atom. The number of carbonyl (C=O) groups excluding carboxylic acids is 2. The van der Waals surface area contributed by atoms with Crippen LogP contribution in [0.25, 0.3) is 32.9 Å². The van der Waals surface area contributed by atoms with Crippen LogP contribution in [0, 0.1) is 23.3 Å². The van der Waals surface area contributed by atoms with Gasteiger partial charge in [0.05, 0.1) is 27.7 Å². The molecule has 190 valence electrons. The second kappa shape index (κ2) is 11.0. The van der Waals surface area contributed by atoms with Gasteiger partial charge in [-0.2, -0.15) is 0 Å². The molecule has 0 spiro atoms. The number of ether oxygens (including phenoxy) is 1. The number of fused-ring (bicyclic) bond motifs is 2. The van der Waals surface area contributed by atoms with Gasteiger partial charge in [0, 0.05) is 34.3 Å². The van der Waals surface area contributed by atoms with Crippen LogP contribution in [0.2, 0.25) is 0 Å². The number of aldehydes is 2. The third-order valence-electron chi connectivity index (χ3n) is 5.48. The van der Waals surface area contributed by atoms with E-state index in [1.807, 2.05) is 0 Å². The molecule has 2 aromatic heterocycles. The predicted octanol–water partition coefficient (Wildman–Crippen LogP) is 6.32. The summed E-state index contributed by atoms with van der Waals surface area (Å²) in [5, 5.41) is 8.88. The summed E-state index contributed by atoms with van der Waals surface area (Å²) in [6.07, 6.45) is 3.73. The van der Waals surface area contributed by atoms with E-state index >= 15 is 0 Å². The highest BCUT2D eigenvalue weighted by Gasteiger charge is 2.19. The van der Waals surface area contributed by atoms with Crippen molar-refractivity contribution in [1.29, 1.82) is 0 Å². The van der Waals surface area contributed by atoms with Crippen LogP contribution in [0.1, 0.15) is 20.7 Å². The second-order valence-electron chi connectivity index (χ2n) is 7.70. The molecule has 0 aliphatic carbocycles. The molecule has 6 nitrogen and oxygen atoms in total. The van der Waals surface area contributed by atoms with Gasteiger partial charge in [0.1, 0.15) is 35.6 Å². The largest absolute Gasteiger partial charge is 0.491 e. The van der Waals surface area contributed by atoms with Crippen LogP contribution in [-0.2, 0) is 0 Å². The van der Waals surface area contributed by atoms with Crippen LogP contribution in [-0.4, -0.2) is 40.9 Å². The first-order valence-electron chi connectivity index (χ1n) is 10.7. The Balaban J connectivity index is 0.000000195. The first-order chi connectivity index (χ1) is 17.8. The molecule has 0 aliphatic heterocycles. The van der Waals surface area contributed by atoms with Crippen molar-refractivity contribution >= 4 is 50.3 Å². The Hall–Kier alpha value is -3.96. The average Bonchev–Trinajstić information content (AvgIpc) is 3.51. The molecule has 37 heavy (non-hydrogen) atoms. The number of hydrogen-bond donors (Lipinski definition) is 3. The van der Waals surface area contributed by atoms with Crippen molar-refractivity contribution in [3.63, 3.8) is 0 Å². The van der Waals surface area contributed by atoms with Crippen LogP contribution >= 0.6 is 15.9 Å². The Bertz CT molecular complexity index is 1610. The van der Waals surface area contributed by atoms with Crippen molar-refractivity contribution in [2.45, 2.75) is 0 Å². The zero-order valence-electron chi connectivity index (χ0n) is 18.7. The predicted molar refractivity (Wildman–Crippen MR) is 133 cm³/mol. The summed E-state index contributed by atoms with van der Waals surface area (Å²) in [4.78, 5) is 26.8. The molecular formula is C26H17BrF4N2O4. The topological polar surface area (TPSA) is 95.2 Å². The lowest BCUT2D eigenvalue weighted by atomic mass is 10.0. The van der Waals surface area contributed by atoms with Gasteiger partial charge in [0.2, 0.25) is 0 Å². The first-order valence-corrected chi connectivity index (χ1v) is 11.5. The number of aliphatic hydroxyl groups excluding tert-OH is 1. The summed E-state index contributed by atoms with van der Waals surface area (Å²) < 4.78 is 60.4. The van der Waals surface area contributed by atoms with Crippen molar-refractivity contribution < 1.29 is 37.0 Å². The highest BCUT2D eigenvalue weighted by Crippen LogP contribution is 2.34. The zero-order valence-corrected chi connectivity index (χ0v) is 20.3. The lowest BCUT2D eigenvalue weighted by Crippen LogP contribution is -2.01. The molecule has 0 aliphatic rings. The molecule has 0 radical (unpaired) electrons. The van der Waals surface area contributed by atoms with Crippen molar-refractivity contribution in [3.8, 4) is 16.9 Å². The molecule has 2 heterocycles. The van der Waals surface area contributed by atoms with E-state index in [0.29, 0.717) is 23.9 Å². The van der Waals surface area contributed by atoms with Gasteiger partial charge >= 0.3 is 0 Å². The molecule has 5 aromatic rings. The number of benzene rings is 3. The van der Waals surface area contributed by atoms with Crippen LogP contribution in [0.15, 0.2) is 53.3 Å². The summed E-state index contributed by atoms with van der Waals surface area (Å²) in [5.41, 5.74) is 0.948. The van der Waals surface area contributed by atoms with Gasteiger partial charge in [-0.05, 0) is 45.8 Å². The Morgan fingerprint density at radius 2 is 1.38 bits per heavy atom. The summed E-state index contributed by atoms with van der Waals surface area (Å²) >= 11 is 2.77. The summed E-state index contributed by atoms with van der Waals surface area (Å²) in [6.45, 7) is 0.0176. The van der Waals surface area contributed by atoms with Crippen LogP contribution in [0.4, 0.5) is 17.6 Å². The number of aliphatic hydroxyl groups is 1. The van der Waals surface area contributed by atoms with Gasteiger partial charge in [-0.3, -0.25) is 9.59 Å².